The molecule has 1 N–H and O–H groups in total. The molecular formula is C9H18N2OS. The number of carbonyl (C=O) groups excluding carboxylic acids is 1. The lowest BCUT2D eigenvalue weighted by Gasteiger charge is -2.29. The average Bonchev–Trinajstić information content (AvgIpc) is 2.09. The van der Waals surface area contributed by atoms with E-state index < -0.39 is 0 Å². The molecule has 0 aromatic carbocycles. The van der Waals surface area contributed by atoms with Gasteiger partial charge in [-0.2, -0.15) is 11.8 Å². The van der Waals surface area contributed by atoms with Crippen molar-refractivity contribution in [1.29, 1.82) is 0 Å². The van der Waals surface area contributed by atoms with Crippen LogP contribution in [0.2, 0.25) is 0 Å². The van der Waals surface area contributed by atoms with Gasteiger partial charge in [-0.15, -0.1) is 0 Å². The molecule has 1 aliphatic heterocycles. The Morgan fingerprint density at radius 1 is 1.69 bits per heavy atom. The van der Waals surface area contributed by atoms with Crippen LogP contribution < -0.4 is 5.32 Å². The second-order valence-corrected chi connectivity index (χ2v) is 4.50. The Kier molecular flexibility index (Phi) is 4.42. The maximum Gasteiger partial charge on any atom is 0.317 e. The summed E-state index contributed by atoms with van der Waals surface area (Å²) in [6.45, 7) is 4.85. The Bertz CT molecular complexity index is 175. The topological polar surface area (TPSA) is 32.3 Å². The van der Waals surface area contributed by atoms with E-state index in [0.717, 1.165) is 31.8 Å². The summed E-state index contributed by atoms with van der Waals surface area (Å²) in [5.74, 6) is 1.72. The van der Waals surface area contributed by atoms with Crippen LogP contribution >= 0.6 is 11.8 Å². The highest BCUT2D eigenvalue weighted by Crippen LogP contribution is 2.08. The third kappa shape index (κ3) is 3.46. The summed E-state index contributed by atoms with van der Waals surface area (Å²) < 4.78 is 0. The number of thioether (sulfide) groups is 1. The molecule has 1 atom stereocenters. The van der Waals surface area contributed by atoms with Gasteiger partial charge in [-0.1, -0.05) is 6.92 Å². The summed E-state index contributed by atoms with van der Waals surface area (Å²) in [4.78, 5) is 13.3. The van der Waals surface area contributed by atoms with Crippen molar-refractivity contribution >= 4 is 17.8 Å². The number of carbonyl (C=O) groups is 1. The van der Waals surface area contributed by atoms with Crippen LogP contribution in [0.3, 0.4) is 0 Å². The number of hydrogen-bond acceptors (Lipinski definition) is 2. The summed E-state index contributed by atoms with van der Waals surface area (Å²) in [7, 11) is 0. The lowest BCUT2D eigenvalue weighted by atomic mass is 10.2. The van der Waals surface area contributed by atoms with Crippen LogP contribution in [0.1, 0.15) is 13.3 Å². The Labute approximate surface area is 84.2 Å². The van der Waals surface area contributed by atoms with Gasteiger partial charge >= 0.3 is 6.03 Å². The first kappa shape index (κ1) is 10.7. The summed E-state index contributed by atoms with van der Waals surface area (Å²) in [5.41, 5.74) is 0. The van der Waals surface area contributed by atoms with Gasteiger partial charge in [0.15, 0.2) is 0 Å². The van der Waals surface area contributed by atoms with Crippen LogP contribution in [0.5, 0.6) is 0 Å². The SMILES string of the molecule is CSCC(C)CN1CCCNC1=O. The molecule has 1 heterocycles. The Balaban J connectivity index is 2.29. The molecule has 0 saturated carbocycles. The van der Waals surface area contributed by atoms with Crippen molar-refractivity contribution in [1.82, 2.24) is 10.2 Å². The Morgan fingerprint density at radius 2 is 2.46 bits per heavy atom. The molecule has 4 heteroatoms. The fraction of sp³-hybridized carbons (Fsp3) is 0.889. The van der Waals surface area contributed by atoms with Gasteiger partial charge in [0.05, 0.1) is 0 Å². The van der Waals surface area contributed by atoms with Crippen molar-refractivity contribution in [2.75, 3.05) is 31.6 Å². The van der Waals surface area contributed by atoms with Crippen molar-refractivity contribution in [3.63, 3.8) is 0 Å². The molecule has 2 amide bonds. The molecule has 1 unspecified atom stereocenters. The first-order chi connectivity index (χ1) is 6.24. The van der Waals surface area contributed by atoms with Crippen LogP contribution in [-0.4, -0.2) is 42.6 Å². The molecule has 1 aliphatic rings. The Morgan fingerprint density at radius 3 is 3.08 bits per heavy atom. The second-order valence-electron chi connectivity index (χ2n) is 3.59. The van der Waals surface area contributed by atoms with Gasteiger partial charge in [-0.3, -0.25) is 0 Å². The minimum atomic E-state index is 0.110. The van der Waals surface area contributed by atoms with Crippen molar-refractivity contribution < 1.29 is 4.79 Å². The summed E-state index contributed by atoms with van der Waals surface area (Å²) >= 11 is 1.84. The van der Waals surface area contributed by atoms with Crippen LogP contribution in [-0.2, 0) is 0 Å². The molecule has 0 radical (unpaired) electrons. The van der Waals surface area contributed by atoms with E-state index in [1.54, 1.807) is 0 Å². The van der Waals surface area contributed by atoms with Crippen LogP contribution in [0.25, 0.3) is 0 Å². The van der Waals surface area contributed by atoms with E-state index in [9.17, 15) is 4.79 Å². The van der Waals surface area contributed by atoms with Crippen LogP contribution in [0.15, 0.2) is 0 Å². The van der Waals surface area contributed by atoms with Gasteiger partial charge in [0.25, 0.3) is 0 Å². The zero-order valence-electron chi connectivity index (χ0n) is 8.38. The van der Waals surface area contributed by atoms with Gasteiger partial charge in [0.2, 0.25) is 0 Å². The zero-order chi connectivity index (χ0) is 9.68. The molecule has 1 fully saturated rings. The van der Waals surface area contributed by atoms with Gasteiger partial charge < -0.3 is 10.2 Å². The highest BCUT2D eigenvalue weighted by Gasteiger charge is 2.18. The van der Waals surface area contributed by atoms with E-state index >= 15 is 0 Å². The maximum atomic E-state index is 11.3. The number of rotatable bonds is 4. The predicted octanol–water partition coefficient (Wildman–Crippen LogP) is 1.40. The molecule has 0 aliphatic carbocycles. The molecular weight excluding hydrogens is 184 g/mol. The van der Waals surface area contributed by atoms with Crippen molar-refractivity contribution in [3.05, 3.63) is 0 Å². The van der Waals surface area contributed by atoms with Crippen molar-refractivity contribution in [2.45, 2.75) is 13.3 Å². The maximum absolute atomic E-state index is 11.3. The quantitative estimate of drug-likeness (QED) is 0.747. The number of urea groups is 1. The van der Waals surface area contributed by atoms with E-state index in [1.165, 1.54) is 0 Å². The molecule has 0 spiro atoms. The summed E-state index contributed by atoms with van der Waals surface area (Å²) in [5, 5.41) is 2.86. The van der Waals surface area contributed by atoms with Crippen molar-refractivity contribution in [3.8, 4) is 0 Å². The number of nitrogens with one attached hydrogen (secondary N) is 1. The smallest absolute Gasteiger partial charge is 0.317 e. The minimum absolute atomic E-state index is 0.110. The van der Waals surface area contributed by atoms with Crippen LogP contribution in [0, 0.1) is 5.92 Å². The zero-order valence-corrected chi connectivity index (χ0v) is 9.19. The van der Waals surface area contributed by atoms with Gasteiger partial charge in [0, 0.05) is 19.6 Å². The van der Waals surface area contributed by atoms with Crippen LogP contribution in [0.4, 0.5) is 4.79 Å². The van der Waals surface area contributed by atoms with E-state index in [1.807, 2.05) is 16.7 Å². The molecule has 76 valence electrons. The molecule has 1 saturated heterocycles. The van der Waals surface area contributed by atoms with Gasteiger partial charge in [-0.05, 0) is 24.3 Å². The third-order valence-corrected chi connectivity index (χ3v) is 3.05. The largest absolute Gasteiger partial charge is 0.338 e. The number of nitrogens with zero attached hydrogens (tertiary/aromatic N) is 1. The molecule has 3 nitrogen and oxygen atoms in total. The second kappa shape index (κ2) is 5.37. The normalized spacial score (nSPS) is 19.8. The molecule has 0 aromatic heterocycles. The molecule has 1 rings (SSSR count). The predicted molar refractivity (Wildman–Crippen MR) is 57.1 cm³/mol. The number of hydrogen-bond donors (Lipinski definition) is 1. The fourth-order valence-corrected chi connectivity index (χ4v) is 2.24. The van der Waals surface area contributed by atoms with Crippen molar-refractivity contribution in [2.24, 2.45) is 5.92 Å². The monoisotopic (exact) mass is 202 g/mol. The first-order valence-electron chi connectivity index (χ1n) is 4.75. The minimum Gasteiger partial charge on any atom is -0.338 e. The van der Waals surface area contributed by atoms with E-state index in [4.69, 9.17) is 0 Å². The van der Waals surface area contributed by atoms with E-state index in [0.29, 0.717) is 5.92 Å². The van der Waals surface area contributed by atoms with E-state index in [-0.39, 0.29) is 6.03 Å². The molecule has 0 aromatic rings. The lowest BCUT2D eigenvalue weighted by molar-refractivity contribution is 0.179. The highest BCUT2D eigenvalue weighted by atomic mass is 32.2. The third-order valence-electron chi connectivity index (χ3n) is 2.15. The standard InChI is InChI=1S/C9H18N2OS/c1-8(7-13-2)6-11-5-3-4-10-9(11)12/h8H,3-7H2,1-2H3,(H,10,12). The van der Waals surface area contributed by atoms with Gasteiger partial charge in [-0.25, -0.2) is 4.79 Å². The van der Waals surface area contributed by atoms with Gasteiger partial charge in [0.1, 0.15) is 0 Å². The summed E-state index contributed by atoms with van der Waals surface area (Å²) in [6, 6.07) is 0.110. The number of amides is 2. The molecule has 13 heavy (non-hydrogen) atoms. The summed E-state index contributed by atoms with van der Waals surface area (Å²) in [6.07, 6.45) is 3.19. The lowest BCUT2D eigenvalue weighted by Crippen LogP contribution is -2.48. The Hall–Kier alpha value is -0.380. The average molecular weight is 202 g/mol. The fourth-order valence-electron chi connectivity index (χ4n) is 1.57. The van der Waals surface area contributed by atoms with E-state index in [2.05, 4.69) is 18.5 Å². The highest BCUT2D eigenvalue weighted by molar-refractivity contribution is 7.98. The molecule has 0 bridgehead atoms. The first-order valence-corrected chi connectivity index (χ1v) is 6.15.